The zero-order valence-corrected chi connectivity index (χ0v) is 17.9. The molecule has 1 N–H and O–H groups in total. The molecule has 0 unspecified atom stereocenters. The van der Waals surface area contributed by atoms with E-state index in [0.717, 1.165) is 39.2 Å². The Morgan fingerprint density at radius 3 is 2.57 bits per heavy atom. The van der Waals surface area contributed by atoms with Crippen LogP contribution in [0.25, 0.3) is 28.4 Å². The van der Waals surface area contributed by atoms with E-state index in [2.05, 4.69) is 16.0 Å². The smallest absolute Gasteiger partial charge is 0.149 e. The second-order valence-corrected chi connectivity index (χ2v) is 7.88. The second-order valence-electron chi connectivity index (χ2n) is 7.47. The lowest BCUT2D eigenvalue weighted by atomic mass is 10.1. The van der Waals surface area contributed by atoms with Gasteiger partial charge in [-0.3, -0.25) is 0 Å². The monoisotopic (exact) mass is 418 g/mol. The van der Waals surface area contributed by atoms with Crippen molar-refractivity contribution in [1.29, 1.82) is 5.26 Å². The summed E-state index contributed by atoms with van der Waals surface area (Å²) < 4.78 is 15.6. The molecule has 0 amide bonds. The molecule has 0 aliphatic carbocycles. The fourth-order valence-corrected chi connectivity index (χ4v) is 3.84. The lowest BCUT2D eigenvalue weighted by molar-refractivity contribution is 0.627. The standard InChI is InChI=1S/C24H20ClFN4/c1-13-7-22-23(8-14(13)2)29-24(28-22)18(12-27)10-17-9-15(3)30(16(17)4)19-5-6-21(26)20(25)11-19/h5-11H,1-4H3,(H,28,29)/b18-10-. The van der Waals surface area contributed by atoms with Crippen LogP contribution < -0.4 is 0 Å². The van der Waals surface area contributed by atoms with Crippen molar-refractivity contribution >= 4 is 34.3 Å². The van der Waals surface area contributed by atoms with Crippen molar-refractivity contribution < 1.29 is 4.39 Å². The van der Waals surface area contributed by atoms with Crippen molar-refractivity contribution in [2.75, 3.05) is 0 Å². The molecule has 0 saturated heterocycles. The lowest BCUT2D eigenvalue weighted by Crippen LogP contribution is -1.99. The number of hydrogen-bond acceptors (Lipinski definition) is 2. The molecule has 0 saturated carbocycles. The van der Waals surface area contributed by atoms with Gasteiger partial charge in [0.2, 0.25) is 0 Å². The Morgan fingerprint density at radius 1 is 1.13 bits per heavy atom. The average molecular weight is 419 g/mol. The number of aryl methyl sites for hydroxylation is 3. The van der Waals surface area contributed by atoms with Gasteiger partial charge in [-0.05, 0) is 86.9 Å². The minimum atomic E-state index is -0.454. The number of nitriles is 1. The van der Waals surface area contributed by atoms with Crippen LogP contribution in [-0.2, 0) is 0 Å². The number of rotatable bonds is 3. The van der Waals surface area contributed by atoms with Crippen LogP contribution in [0.5, 0.6) is 0 Å². The van der Waals surface area contributed by atoms with Crippen molar-refractivity contribution in [2.24, 2.45) is 0 Å². The SMILES string of the molecule is Cc1cc2nc(/C(C#N)=C\c3cc(C)n(-c4ccc(F)c(Cl)c4)c3C)[nH]c2cc1C. The minimum absolute atomic E-state index is 0.0719. The molecule has 0 bridgehead atoms. The van der Waals surface area contributed by atoms with Crippen LogP contribution in [0.15, 0.2) is 36.4 Å². The number of fused-ring (bicyclic) bond motifs is 1. The second kappa shape index (κ2) is 7.47. The summed E-state index contributed by atoms with van der Waals surface area (Å²) in [6, 6.07) is 12.9. The maximum absolute atomic E-state index is 13.6. The summed E-state index contributed by atoms with van der Waals surface area (Å²) in [5.41, 5.74) is 8.04. The Hall–Kier alpha value is -3.36. The maximum atomic E-state index is 13.6. The summed E-state index contributed by atoms with van der Waals surface area (Å²) in [6.07, 6.45) is 1.82. The fraction of sp³-hybridized carbons (Fsp3) is 0.167. The van der Waals surface area contributed by atoms with Crippen molar-refractivity contribution in [2.45, 2.75) is 27.7 Å². The molecule has 2 aromatic heterocycles. The molecule has 0 atom stereocenters. The molecule has 6 heteroatoms. The molecule has 4 aromatic rings. The number of aromatic amines is 1. The maximum Gasteiger partial charge on any atom is 0.149 e. The van der Waals surface area contributed by atoms with Crippen molar-refractivity contribution in [3.05, 3.63) is 81.1 Å². The number of aromatic nitrogens is 3. The highest BCUT2D eigenvalue weighted by Crippen LogP contribution is 2.28. The Labute approximate surface area is 179 Å². The topological polar surface area (TPSA) is 57.4 Å². The number of H-pyrrole nitrogens is 1. The van der Waals surface area contributed by atoms with E-state index in [1.54, 1.807) is 12.1 Å². The number of halogens is 2. The molecule has 2 aromatic carbocycles. The first-order chi connectivity index (χ1) is 14.3. The molecule has 30 heavy (non-hydrogen) atoms. The van der Waals surface area contributed by atoms with E-state index in [4.69, 9.17) is 11.6 Å². The third kappa shape index (κ3) is 3.40. The first-order valence-electron chi connectivity index (χ1n) is 9.52. The van der Waals surface area contributed by atoms with Gasteiger partial charge >= 0.3 is 0 Å². The quantitative estimate of drug-likeness (QED) is 0.389. The predicted molar refractivity (Wildman–Crippen MR) is 119 cm³/mol. The zero-order chi connectivity index (χ0) is 21.6. The van der Waals surface area contributed by atoms with Crippen LogP contribution in [-0.4, -0.2) is 14.5 Å². The van der Waals surface area contributed by atoms with E-state index < -0.39 is 5.82 Å². The summed E-state index contributed by atoms with van der Waals surface area (Å²) in [6.45, 7) is 8.00. The van der Waals surface area contributed by atoms with Gasteiger partial charge in [0.15, 0.2) is 0 Å². The van der Waals surface area contributed by atoms with E-state index in [0.29, 0.717) is 11.4 Å². The molecule has 0 aliphatic heterocycles. The van der Waals surface area contributed by atoms with Crippen LogP contribution in [0.4, 0.5) is 4.39 Å². The number of imidazole rings is 1. The number of hydrogen-bond donors (Lipinski definition) is 1. The average Bonchev–Trinajstić information content (AvgIpc) is 3.22. The molecule has 150 valence electrons. The largest absolute Gasteiger partial charge is 0.337 e. The van der Waals surface area contributed by atoms with Crippen molar-refractivity contribution in [3.8, 4) is 11.8 Å². The Balaban J connectivity index is 1.80. The molecule has 4 rings (SSSR count). The molecule has 2 heterocycles. The number of nitrogens with zero attached hydrogens (tertiary/aromatic N) is 3. The summed E-state index contributed by atoms with van der Waals surface area (Å²) in [5, 5.41) is 9.85. The van der Waals surface area contributed by atoms with Gasteiger partial charge in [0.05, 0.1) is 21.6 Å². The third-order valence-electron chi connectivity index (χ3n) is 5.40. The van der Waals surface area contributed by atoms with Crippen LogP contribution in [0.1, 0.15) is 33.9 Å². The normalized spacial score (nSPS) is 11.8. The van der Waals surface area contributed by atoms with E-state index >= 15 is 0 Å². The molecular weight excluding hydrogens is 399 g/mol. The van der Waals surface area contributed by atoms with Gasteiger partial charge in [0.1, 0.15) is 17.7 Å². The van der Waals surface area contributed by atoms with E-state index in [9.17, 15) is 9.65 Å². The highest BCUT2D eigenvalue weighted by atomic mass is 35.5. The molecule has 0 aliphatic rings. The number of nitrogens with one attached hydrogen (secondary N) is 1. The highest BCUT2D eigenvalue weighted by Gasteiger charge is 2.14. The molecule has 4 nitrogen and oxygen atoms in total. The number of benzene rings is 2. The molecular formula is C24H20ClFN4. The van der Waals surface area contributed by atoms with Crippen molar-refractivity contribution in [3.63, 3.8) is 0 Å². The van der Waals surface area contributed by atoms with Crippen LogP contribution in [0.2, 0.25) is 5.02 Å². The summed E-state index contributed by atoms with van der Waals surface area (Å²) in [4.78, 5) is 7.86. The summed E-state index contributed by atoms with van der Waals surface area (Å²) in [5.74, 6) is 0.0808. The van der Waals surface area contributed by atoms with Crippen LogP contribution in [0.3, 0.4) is 0 Å². The zero-order valence-electron chi connectivity index (χ0n) is 17.1. The Bertz CT molecular complexity index is 1330. The van der Waals surface area contributed by atoms with Gasteiger partial charge < -0.3 is 9.55 Å². The minimum Gasteiger partial charge on any atom is -0.337 e. The van der Waals surface area contributed by atoms with Gasteiger partial charge in [-0.25, -0.2) is 9.37 Å². The number of allylic oxidation sites excluding steroid dienone is 1. The molecule has 0 radical (unpaired) electrons. The highest BCUT2D eigenvalue weighted by molar-refractivity contribution is 6.30. The van der Waals surface area contributed by atoms with E-state index in [1.165, 1.54) is 11.6 Å². The van der Waals surface area contributed by atoms with Gasteiger partial charge in [-0.15, -0.1) is 0 Å². The molecule has 0 spiro atoms. The van der Waals surface area contributed by atoms with Crippen molar-refractivity contribution in [1.82, 2.24) is 14.5 Å². The van der Waals surface area contributed by atoms with Gasteiger partial charge in [0, 0.05) is 17.1 Å². The van der Waals surface area contributed by atoms with Gasteiger partial charge in [-0.2, -0.15) is 5.26 Å². The summed E-state index contributed by atoms with van der Waals surface area (Å²) >= 11 is 5.97. The van der Waals surface area contributed by atoms with Crippen LogP contribution in [0, 0.1) is 44.8 Å². The van der Waals surface area contributed by atoms with E-state index in [1.807, 2.05) is 56.5 Å². The Kier molecular flexibility index (Phi) is 4.97. The first kappa shape index (κ1) is 19.9. The predicted octanol–water partition coefficient (Wildman–Crippen LogP) is 6.44. The molecule has 0 fully saturated rings. The third-order valence-corrected chi connectivity index (χ3v) is 5.69. The summed E-state index contributed by atoms with van der Waals surface area (Å²) in [7, 11) is 0. The van der Waals surface area contributed by atoms with Crippen LogP contribution >= 0.6 is 11.6 Å². The first-order valence-corrected chi connectivity index (χ1v) is 9.90. The fourth-order valence-electron chi connectivity index (χ4n) is 3.66. The van der Waals surface area contributed by atoms with Gasteiger partial charge in [0.25, 0.3) is 0 Å². The Morgan fingerprint density at radius 2 is 1.87 bits per heavy atom. The van der Waals surface area contributed by atoms with E-state index in [-0.39, 0.29) is 5.02 Å². The lowest BCUT2D eigenvalue weighted by Gasteiger charge is -2.10. The van der Waals surface area contributed by atoms with Gasteiger partial charge in [-0.1, -0.05) is 11.6 Å².